The Morgan fingerprint density at radius 2 is 1.88 bits per heavy atom. The van der Waals surface area contributed by atoms with Gasteiger partial charge in [-0.1, -0.05) is 0 Å². The van der Waals surface area contributed by atoms with E-state index in [1.807, 2.05) is 22.7 Å². The molecular weight excluding hydrogens is 302 g/mol. The van der Waals surface area contributed by atoms with Crippen LogP contribution in [0.15, 0.2) is 22.0 Å². The average Bonchev–Trinajstić information content (AvgIpc) is 2.75. The molecule has 0 aliphatic carbocycles. The Labute approximate surface area is 113 Å². The van der Waals surface area contributed by atoms with Gasteiger partial charge in [-0.25, -0.2) is 0 Å². The maximum atomic E-state index is 3.55. The van der Waals surface area contributed by atoms with Gasteiger partial charge in [0.15, 0.2) is 0 Å². The summed E-state index contributed by atoms with van der Waals surface area (Å²) in [5.74, 6) is 0. The van der Waals surface area contributed by atoms with Crippen LogP contribution >= 0.6 is 38.6 Å². The maximum absolute atomic E-state index is 3.55. The predicted molar refractivity (Wildman–Crippen MR) is 76.4 cm³/mol. The number of thiophene rings is 2. The molecule has 0 unspecified atom stereocenters. The van der Waals surface area contributed by atoms with Gasteiger partial charge in [-0.3, -0.25) is 0 Å². The second-order valence-electron chi connectivity index (χ2n) is 3.79. The Balaban J connectivity index is 1.84. The van der Waals surface area contributed by atoms with Gasteiger partial charge in [0.25, 0.3) is 0 Å². The van der Waals surface area contributed by atoms with Crippen LogP contribution in [0, 0.1) is 13.8 Å². The Morgan fingerprint density at radius 1 is 1.12 bits per heavy atom. The zero-order valence-electron chi connectivity index (χ0n) is 9.34. The smallest absolute Gasteiger partial charge is 0.0730 e. The first-order chi connectivity index (χ1) is 7.65. The van der Waals surface area contributed by atoms with Crippen molar-refractivity contribution in [3.63, 3.8) is 0 Å². The summed E-state index contributed by atoms with van der Waals surface area (Å²) in [5, 5.41) is 3.47. The number of hydrogen-bond acceptors (Lipinski definition) is 3. The number of nitrogens with one attached hydrogen (secondary N) is 1. The van der Waals surface area contributed by atoms with Crippen molar-refractivity contribution < 1.29 is 0 Å². The van der Waals surface area contributed by atoms with Crippen LogP contribution in [0.4, 0.5) is 0 Å². The highest BCUT2D eigenvalue weighted by Crippen LogP contribution is 2.27. The zero-order valence-corrected chi connectivity index (χ0v) is 12.6. The molecule has 0 radical (unpaired) electrons. The minimum Gasteiger partial charge on any atom is -0.307 e. The van der Waals surface area contributed by atoms with Gasteiger partial charge >= 0.3 is 0 Å². The Hall–Kier alpha value is -0.160. The highest BCUT2D eigenvalue weighted by atomic mass is 79.9. The van der Waals surface area contributed by atoms with Gasteiger partial charge in [0.05, 0.1) is 3.79 Å². The van der Waals surface area contributed by atoms with E-state index in [-0.39, 0.29) is 0 Å². The van der Waals surface area contributed by atoms with Gasteiger partial charge in [0.2, 0.25) is 0 Å². The lowest BCUT2D eigenvalue weighted by molar-refractivity contribution is 0.709. The first-order valence-corrected chi connectivity index (χ1v) is 7.58. The molecule has 0 aliphatic rings. The van der Waals surface area contributed by atoms with Crippen molar-refractivity contribution in [3.8, 4) is 0 Å². The highest BCUT2D eigenvalue weighted by Gasteiger charge is 2.02. The predicted octanol–water partition coefficient (Wildman–Crippen LogP) is 4.48. The minimum absolute atomic E-state index is 0.952. The third-order valence-corrected chi connectivity index (χ3v) is 5.44. The van der Waals surface area contributed by atoms with Gasteiger partial charge in [0.1, 0.15) is 0 Å². The van der Waals surface area contributed by atoms with Crippen molar-refractivity contribution in [1.29, 1.82) is 0 Å². The van der Waals surface area contributed by atoms with Crippen LogP contribution in [0.2, 0.25) is 0 Å². The lowest BCUT2D eigenvalue weighted by Gasteiger charge is -1.99. The van der Waals surface area contributed by atoms with Crippen molar-refractivity contribution in [2.45, 2.75) is 26.9 Å². The van der Waals surface area contributed by atoms with Gasteiger partial charge in [-0.2, -0.15) is 0 Å². The summed E-state index contributed by atoms with van der Waals surface area (Å²) >= 11 is 7.22. The molecule has 0 saturated heterocycles. The molecule has 86 valence electrons. The molecule has 4 heteroatoms. The molecule has 2 aromatic heterocycles. The first kappa shape index (κ1) is 12.3. The largest absolute Gasteiger partial charge is 0.307 e. The van der Waals surface area contributed by atoms with E-state index in [1.54, 1.807) is 0 Å². The van der Waals surface area contributed by atoms with E-state index < -0.39 is 0 Å². The highest BCUT2D eigenvalue weighted by molar-refractivity contribution is 9.11. The van der Waals surface area contributed by atoms with Crippen LogP contribution in [0.25, 0.3) is 0 Å². The van der Waals surface area contributed by atoms with Gasteiger partial charge in [0, 0.05) is 27.7 Å². The molecule has 0 bridgehead atoms. The third kappa shape index (κ3) is 3.17. The van der Waals surface area contributed by atoms with Crippen LogP contribution in [0.1, 0.15) is 20.2 Å². The molecule has 0 spiro atoms. The van der Waals surface area contributed by atoms with Crippen LogP contribution in [0.5, 0.6) is 0 Å². The molecule has 16 heavy (non-hydrogen) atoms. The summed E-state index contributed by atoms with van der Waals surface area (Å²) in [6, 6.07) is 6.61. The molecule has 1 nitrogen and oxygen atoms in total. The normalized spacial score (nSPS) is 10.9. The molecule has 0 saturated carbocycles. The topological polar surface area (TPSA) is 12.0 Å². The van der Waals surface area contributed by atoms with Crippen molar-refractivity contribution in [2.24, 2.45) is 0 Å². The zero-order chi connectivity index (χ0) is 11.5. The summed E-state index contributed by atoms with van der Waals surface area (Å²) in [7, 11) is 0. The molecule has 0 aliphatic heterocycles. The fourth-order valence-corrected chi connectivity index (χ4v) is 3.96. The van der Waals surface area contributed by atoms with E-state index in [0.29, 0.717) is 0 Å². The molecule has 0 atom stereocenters. The van der Waals surface area contributed by atoms with E-state index in [4.69, 9.17) is 0 Å². The molecular formula is C12H14BrNS2. The second kappa shape index (κ2) is 5.45. The van der Waals surface area contributed by atoms with Crippen LogP contribution in [-0.2, 0) is 13.1 Å². The maximum Gasteiger partial charge on any atom is 0.0730 e. The Morgan fingerprint density at radius 3 is 2.44 bits per heavy atom. The van der Waals surface area contributed by atoms with E-state index in [0.717, 1.165) is 13.1 Å². The first-order valence-electron chi connectivity index (χ1n) is 5.16. The number of aryl methyl sites for hydroxylation is 2. The van der Waals surface area contributed by atoms with E-state index >= 15 is 0 Å². The SMILES string of the molecule is Cc1ccc(CNCc2cc(C)c(Br)s2)s1. The number of hydrogen-bond donors (Lipinski definition) is 1. The summed E-state index contributed by atoms with van der Waals surface area (Å²) in [6.45, 7) is 6.20. The Bertz CT molecular complexity index is 454. The van der Waals surface area contributed by atoms with Gasteiger partial charge in [-0.05, 0) is 53.5 Å². The fraction of sp³-hybridized carbons (Fsp3) is 0.333. The van der Waals surface area contributed by atoms with Gasteiger partial charge in [-0.15, -0.1) is 22.7 Å². The van der Waals surface area contributed by atoms with Crippen molar-refractivity contribution >= 4 is 38.6 Å². The number of halogens is 1. The molecule has 2 rings (SSSR count). The molecule has 0 aromatic carbocycles. The van der Waals surface area contributed by atoms with E-state index in [9.17, 15) is 0 Å². The monoisotopic (exact) mass is 315 g/mol. The van der Waals surface area contributed by atoms with Crippen LogP contribution in [-0.4, -0.2) is 0 Å². The van der Waals surface area contributed by atoms with Crippen molar-refractivity contribution in [1.82, 2.24) is 5.32 Å². The lowest BCUT2D eigenvalue weighted by atomic mass is 10.3. The summed E-state index contributed by atoms with van der Waals surface area (Å²) in [5.41, 5.74) is 1.33. The quantitative estimate of drug-likeness (QED) is 0.877. The van der Waals surface area contributed by atoms with Crippen LogP contribution < -0.4 is 5.32 Å². The second-order valence-corrected chi connectivity index (χ2v) is 7.61. The molecule has 1 N–H and O–H groups in total. The van der Waals surface area contributed by atoms with Crippen molar-refractivity contribution in [3.05, 3.63) is 42.2 Å². The molecule has 2 aromatic rings. The number of rotatable bonds is 4. The standard InChI is InChI=1S/C12H14BrNS2/c1-8-5-11(16-12(8)13)7-14-6-10-4-3-9(2)15-10/h3-5,14H,6-7H2,1-2H3. The Kier molecular flexibility index (Phi) is 4.19. The van der Waals surface area contributed by atoms with E-state index in [2.05, 4.69) is 53.3 Å². The summed E-state index contributed by atoms with van der Waals surface area (Å²) in [4.78, 5) is 4.18. The molecule has 0 amide bonds. The minimum atomic E-state index is 0.952. The van der Waals surface area contributed by atoms with Gasteiger partial charge < -0.3 is 5.32 Å². The molecule has 2 heterocycles. The summed E-state index contributed by atoms with van der Waals surface area (Å²) < 4.78 is 1.25. The summed E-state index contributed by atoms with van der Waals surface area (Å²) in [6.07, 6.45) is 0. The van der Waals surface area contributed by atoms with E-state index in [1.165, 1.54) is 24.0 Å². The van der Waals surface area contributed by atoms with Crippen molar-refractivity contribution in [2.75, 3.05) is 0 Å². The molecule has 0 fully saturated rings. The third-order valence-electron chi connectivity index (χ3n) is 2.30. The fourth-order valence-electron chi connectivity index (χ4n) is 1.50. The average molecular weight is 316 g/mol. The lowest BCUT2D eigenvalue weighted by Crippen LogP contribution is -2.10. The van der Waals surface area contributed by atoms with Crippen LogP contribution in [0.3, 0.4) is 0 Å².